The lowest BCUT2D eigenvalue weighted by molar-refractivity contribution is -0.128. The van der Waals surface area contributed by atoms with Crippen LogP contribution >= 0.6 is 23.1 Å². The Morgan fingerprint density at radius 3 is 2.62 bits per heavy atom. The van der Waals surface area contributed by atoms with Crippen LogP contribution in [0.5, 0.6) is 0 Å². The van der Waals surface area contributed by atoms with E-state index in [-0.39, 0.29) is 24.2 Å². The van der Waals surface area contributed by atoms with Crippen LogP contribution in [-0.4, -0.2) is 40.6 Å². The molecule has 0 radical (unpaired) electrons. The average Bonchev–Trinajstić information content (AvgIpc) is 3.33. The van der Waals surface area contributed by atoms with Crippen molar-refractivity contribution in [1.29, 1.82) is 0 Å². The fraction of sp³-hybridized carbons (Fsp3) is 0.520. The van der Waals surface area contributed by atoms with E-state index in [0.717, 1.165) is 24.2 Å². The summed E-state index contributed by atoms with van der Waals surface area (Å²) in [7, 11) is 0. The zero-order valence-electron chi connectivity index (χ0n) is 20.1. The van der Waals surface area contributed by atoms with E-state index in [9.17, 15) is 14.4 Å². The highest BCUT2D eigenvalue weighted by Gasteiger charge is 2.27. The number of aromatic nitrogens is 1. The number of hydrogen-bond acceptors (Lipinski definition) is 7. The lowest BCUT2D eigenvalue weighted by atomic mass is 10.0. The molecule has 0 aliphatic rings. The Balaban J connectivity index is 1.93. The van der Waals surface area contributed by atoms with Gasteiger partial charge < -0.3 is 15.4 Å². The molecule has 186 valence electrons. The molecule has 0 aliphatic heterocycles. The molecule has 2 N–H and O–H groups in total. The Bertz CT molecular complexity index is 876. The maximum Gasteiger partial charge on any atom is 0.408 e. The van der Waals surface area contributed by atoms with Crippen LogP contribution in [0.1, 0.15) is 57.6 Å². The third kappa shape index (κ3) is 10.7. The molecule has 2 heterocycles. The normalized spacial score (nSPS) is 12.7. The van der Waals surface area contributed by atoms with E-state index in [0.29, 0.717) is 18.6 Å². The van der Waals surface area contributed by atoms with Crippen LogP contribution < -0.4 is 10.6 Å². The van der Waals surface area contributed by atoms with Gasteiger partial charge in [-0.05, 0) is 47.2 Å². The van der Waals surface area contributed by atoms with Crippen molar-refractivity contribution in [3.8, 4) is 0 Å². The first-order valence-electron chi connectivity index (χ1n) is 11.6. The van der Waals surface area contributed by atoms with Gasteiger partial charge in [-0.1, -0.05) is 39.7 Å². The number of ketones is 1. The van der Waals surface area contributed by atoms with Crippen LogP contribution in [0.3, 0.4) is 0 Å². The van der Waals surface area contributed by atoms with Gasteiger partial charge in [-0.15, -0.1) is 11.8 Å². The fourth-order valence-corrected chi connectivity index (χ4v) is 4.95. The monoisotopic (exact) mass is 505 g/mol. The number of amides is 2. The van der Waals surface area contributed by atoms with Gasteiger partial charge in [0.2, 0.25) is 5.91 Å². The molecule has 0 aliphatic carbocycles. The Kier molecular flexibility index (Phi) is 12.7. The summed E-state index contributed by atoms with van der Waals surface area (Å²) in [5.41, 5.74) is 1.95. The quantitative estimate of drug-likeness (QED) is 0.355. The molecule has 0 unspecified atom stereocenters. The van der Waals surface area contributed by atoms with Gasteiger partial charge in [0.05, 0.1) is 11.8 Å². The van der Waals surface area contributed by atoms with Crippen molar-refractivity contribution < 1.29 is 19.1 Å². The number of Topliss-reactive ketones (excluding diaryl/α,β-unsaturated/α-hetero) is 1. The van der Waals surface area contributed by atoms with E-state index in [1.165, 1.54) is 5.56 Å². The summed E-state index contributed by atoms with van der Waals surface area (Å²) in [5, 5.41) is 9.66. The smallest absolute Gasteiger partial charge is 0.408 e. The Morgan fingerprint density at radius 1 is 1.15 bits per heavy atom. The number of alkyl carbamates (subject to hydrolysis) is 1. The van der Waals surface area contributed by atoms with E-state index in [2.05, 4.69) is 27.9 Å². The predicted octanol–water partition coefficient (Wildman–Crippen LogP) is 4.96. The zero-order valence-corrected chi connectivity index (χ0v) is 21.8. The van der Waals surface area contributed by atoms with E-state index < -0.39 is 18.2 Å². The van der Waals surface area contributed by atoms with Crippen molar-refractivity contribution in [2.75, 3.05) is 5.75 Å². The summed E-state index contributed by atoms with van der Waals surface area (Å²) >= 11 is 3.19. The number of hydrogen-bond donors (Lipinski definition) is 2. The molecule has 7 nitrogen and oxygen atoms in total. The number of pyridine rings is 1. The Hall–Kier alpha value is -2.39. The molecule has 0 saturated heterocycles. The van der Waals surface area contributed by atoms with Crippen LogP contribution in [0.4, 0.5) is 4.79 Å². The Morgan fingerprint density at radius 2 is 1.97 bits per heavy atom. The van der Waals surface area contributed by atoms with Crippen molar-refractivity contribution in [2.24, 2.45) is 5.92 Å². The number of thiophene rings is 1. The molecule has 9 heteroatoms. The van der Waals surface area contributed by atoms with Crippen molar-refractivity contribution in [2.45, 2.75) is 70.9 Å². The van der Waals surface area contributed by atoms with Crippen LogP contribution in [-0.2, 0) is 26.7 Å². The molecule has 0 aromatic carbocycles. The lowest BCUT2D eigenvalue weighted by Crippen LogP contribution is -2.52. The van der Waals surface area contributed by atoms with Crippen molar-refractivity contribution >= 4 is 40.9 Å². The molecule has 34 heavy (non-hydrogen) atoms. The molecule has 2 atom stereocenters. The number of thioether (sulfide) groups is 1. The van der Waals surface area contributed by atoms with Gasteiger partial charge >= 0.3 is 6.09 Å². The summed E-state index contributed by atoms with van der Waals surface area (Å²) in [6.45, 7) is 6.07. The topological polar surface area (TPSA) is 97.4 Å². The zero-order chi connectivity index (χ0) is 24.8. The Labute approximate surface area is 210 Å². The molecule has 0 bridgehead atoms. The number of carbonyl (C=O) groups excluding carboxylic acids is 3. The minimum Gasteiger partial charge on any atom is -0.445 e. The first-order chi connectivity index (χ1) is 16.4. The van der Waals surface area contributed by atoms with Gasteiger partial charge in [-0.2, -0.15) is 11.3 Å². The summed E-state index contributed by atoms with van der Waals surface area (Å²) < 4.78 is 5.26. The molecular weight excluding hydrogens is 470 g/mol. The van der Waals surface area contributed by atoms with Crippen molar-refractivity contribution in [1.82, 2.24) is 15.6 Å². The minimum atomic E-state index is -0.781. The fourth-order valence-electron chi connectivity index (χ4n) is 3.26. The summed E-state index contributed by atoms with van der Waals surface area (Å²) in [4.78, 5) is 42.3. The molecule has 2 aromatic heterocycles. The van der Waals surface area contributed by atoms with Crippen molar-refractivity contribution in [3.05, 3.63) is 52.5 Å². The van der Waals surface area contributed by atoms with Gasteiger partial charge in [0.15, 0.2) is 5.78 Å². The molecule has 2 rings (SSSR count). The van der Waals surface area contributed by atoms with E-state index >= 15 is 0 Å². The van der Waals surface area contributed by atoms with E-state index in [1.807, 2.05) is 25.3 Å². The van der Waals surface area contributed by atoms with Gasteiger partial charge in [0, 0.05) is 23.7 Å². The number of ether oxygens (including phenoxy) is 1. The van der Waals surface area contributed by atoms with Crippen molar-refractivity contribution in [3.63, 3.8) is 0 Å². The maximum absolute atomic E-state index is 13.1. The number of unbranched alkanes of at least 4 members (excludes halogenated alkanes) is 1. The highest BCUT2D eigenvalue weighted by atomic mass is 32.2. The molecule has 2 aromatic rings. The number of nitrogens with one attached hydrogen (secondary N) is 2. The lowest BCUT2D eigenvalue weighted by Gasteiger charge is -2.24. The average molecular weight is 506 g/mol. The highest BCUT2D eigenvalue weighted by Crippen LogP contribution is 2.16. The second-order valence-electron chi connectivity index (χ2n) is 8.56. The minimum absolute atomic E-state index is 0.00415. The molecule has 0 spiro atoms. The first-order valence-corrected chi connectivity index (χ1v) is 13.7. The molecule has 0 saturated carbocycles. The number of nitrogens with zero attached hydrogens (tertiary/aromatic N) is 1. The standard InChI is InChI=1S/C25H35N3O4S2/c1-4-5-8-21(23(29)17-34-16-20-9-11-33-15-20)27-24(30)22(12-18(2)3)28-25(31)32-14-19-7-6-10-26-13-19/h6-7,9-11,13,15,18,21-22H,4-5,8,12,14,16-17H2,1-3H3,(H,27,30)(H,28,31)/t21-,22-/m0/s1. The second-order valence-corrected chi connectivity index (χ2v) is 10.3. The van der Waals surface area contributed by atoms with Crippen LogP contribution in [0, 0.1) is 5.92 Å². The van der Waals surface area contributed by atoms with Gasteiger partial charge in [0.25, 0.3) is 0 Å². The summed E-state index contributed by atoms with van der Waals surface area (Å²) in [5.74, 6) is 0.915. The van der Waals surface area contributed by atoms with Gasteiger partial charge in [0.1, 0.15) is 12.6 Å². The largest absolute Gasteiger partial charge is 0.445 e. The van der Waals surface area contributed by atoms with Crippen LogP contribution in [0.2, 0.25) is 0 Å². The molecular formula is C25H35N3O4S2. The SMILES string of the molecule is CCCC[C@H](NC(=O)[C@H](CC(C)C)NC(=O)OCc1cccnc1)C(=O)CSCc1ccsc1. The van der Waals surface area contributed by atoms with Gasteiger partial charge in [-0.3, -0.25) is 14.6 Å². The highest BCUT2D eigenvalue weighted by molar-refractivity contribution is 7.99. The summed E-state index contributed by atoms with van der Waals surface area (Å²) in [6.07, 6.45) is 5.37. The number of rotatable bonds is 15. The van der Waals surface area contributed by atoms with Crippen LogP contribution in [0.25, 0.3) is 0 Å². The third-order valence-corrected chi connectivity index (χ3v) is 6.81. The summed E-state index contributed by atoms with van der Waals surface area (Å²) in [6, 6.07) is 4.27. The van der Waals surface area contributed by atoms with Crippen LogP contribution in [0.15, 0.2) is 41.4 Å². The van der Waals surface area contributed by atoms with E-state index in [1.54, 1.807) is 47.6 Å². The van der Waals surface area contributed by atoms with E-state index in [4.69, 9.17) is 4.74 Å². The first kappa shape index (κ1) is 27.9. The maximum atomic E-state index is 13.1. The predicted molar refractivity (Wildman–Crippen MR) is 138 cm³/mol. The molecule has 2 amide bonds. The molecule has 0 fully saturated rings. The van der Waals surface area contributed by atoms with Gasteiger partial charge in [-0.25, -0.2) is 4.79 Å². The number of carbonyl (C=O) groups is 3. The second kappa shape index (κ2) is 15.5. The third-order valence-electron chi connectivity index (χ3n) is 5.05.